The minimum Gasteiger partial charge on any atom is -1.00 e. The van der Waals surface area contributed by atoms with Crippen molar-refractivity contribution in [2.75, 3.05) is 7.11 Å². The van der Waals surface area contributed by atoms with Crippen molar-refractivity contribution in [3.8, 4) is 0 Å². The smallest absolute Gasteiger partial charge is 0.124 e. The van der Waals surface area contributed by atoms with Crippen molar-refractivity contribution in [2.24, 2.45) is 5.92 Å². The summed E-state index contributed by atoms with van der Waals surface area (Å²) in [5.41, 5.74) is 2.20. The van der Waals surface area contributed by atoms with Crippen LogP contribution in [0.1, 0.15) is 19.7 Å². The summed E-state index contributed by atoms with van der Waals surface area (Å²) in [6, 6.07) is 8.19. The first-order valence-electron chi connectivity index (χ1n) is 5.65. The summed E-state index contributed by atoms with van der Waals surface area (Å²) in [4.78, 5) is 4.65. The molecule has 0 aliphatic heterocycles. The number of nitrogens with zero attached hydrogens (tertiary/aromatic N) is 2. The summed E-state index contributed by atoms with van der Waals surface area (Å²) in [6.07, 6.45) is 0.984. The van der Waals surface area contributed by atoms with Gasteiger partial charge in [-0.05, 0) is 18.1 Å². The Kier molecular flexibility index (Phi) is 4.97. The number of methoxy groups -OCH3 is 1. The molecule has 2 aromatic rings. The quantitative estimate of drug-likeness (QED) is 0.758. The molecule has 0 aliphatic carbocycles. The molecule has 1 heterocycles. The molecule has 0 unspecified atom stereocenters. The number of ether oxygens (including phenoxy) is 1. The lowest BCUT2D eigenvalue weighted by Gasteiger charge is -2.09. The third-order valence-corrected chi connectivity index (χ3v) is 2.58. The van der Waals surface area contributed by atoms with Crippen molar-refractivity contribution in [1.29, 1.82) is 0 Å². The van der Waals surface area contributed by atoms with Crippen LogP contribution >= 0.6 is 0 Å². The molecule has 17 heavy (non-hydrogen) atoms. The van der Waals surface area contributed by atoms with Crippen LogP contribution in [0.4, 0.5) is 0 Å². The molecule has 0 N–H and O–H groups in total. The second-order valence-corrected chi connectivity index (χ2v) is 4.46. The van der Waals surface area contributed by atoms with Gasteiger partial charge in [-0.2, -0.15) is 0 Å². The van der Waals surface area contributed by atoms with Crippen LogP contribution in [-0.2, 0) is 17.9 Å². The van der Waals surface area contributed by atoms with Crippen LogP contribution in [0.15, 0.2) is 24.3 Å². The average Bonchev–Trinajstić information content (AvgIpc) is 2.57. The molecule has 94 valence electrons. The Bertz CT molecular complexity index is 479. The Morgan fingerprint density at radius 2 is 2.00 bits per heavy atom. The van der Waals surface area contributed by atoms with Gasteiger partial charge in [-0.3, -0.25) is 0 Å². The van der Waals surface area contributed by atoms with Gasteiger partial charge in [0.25, 0.3) is 0 Å². The zero-order valence-electron chi connectivity index (χ0n) is 10.5. The Morgan fingerprint density at radius 3 is 2.65 bits per heavy atom. The molecule has 4 heteroatoms. The first-order valence-corrected chi connectivity index (χ1v) is 5.65. The van der Waals surface area contributed by atoms with Gasteiger partial charge in [-0.25, -0.2) is 4.98 Å². The Hall–Kier alpha value is -1.06. The van der Waals surface area contributed by atoms with Crippen molar-refractivity contribution in [1.82, 2.24) is 9.55 Å². The normalized spacial score (nSPS) is 10.8. The SMILES string of the molecule is COCn1c(CC(C)C)nc2ccccc21.[Cl-]. The fourth-order valence-electron chi connectivity index (χ4n) is 1.92. The maximum atomic E-state index is 5.24. The number of aromatic nitrogens is 2. The number of fused-ring (bicyclic) bond motifs is 1. The highest BCUT2D eigenvalue weighted by Crippen LogP contribution is 2.18. The van der Waals surface area contributed by atoms with Crippen molar-refractivity contribution >= 4 is 11.0 Å². The van der Waals surface area contributed by atoms with Crippen molar-refractivity contribution in [3.63, 3.8) is 0 Å². The molecule has 3 nitrogen and oxygen atoms in total. The van der Waals surface area contributed by atoms with Gasteiger partial charge in [0.15, 0.2) is 0 Å². The molecule has 0 saturated carbocycles. The van der Waals surface area contributed by atoms with Gasteiger partial charge < -0.3 is 21.7 Å². The molecule has 0 fully saturated rings. The molecule has 0 radical (unpaired) electrons. The van der Waals surface area contributed by atoms with Crippen LogP contribution in [-0.4, -0.2) is 16.7 Å². The van der Waals surface area contributed by atoms with E-state index in [1.165, 1.54) is 0 Å². The number of hydrogen-bond donors (Lipinski definition) is 0. The molecule has 2 rings (SSSR count). The van der Waals surface area contributed by atoms with E-state index in [1.807, 2.05) is 18.2 Å². The maximum absolute atomic E-state index is 5.24. The zero-order chi connectivity index (χ0) is 11.5. The molecule has 0 saturated heterocycles. The Labute approximate surface area is 108 Å². The highest BCUT2D eigenvalue weighted by atomic mass is 35.5. The van der Waals surface area contributed by atoms with Crippen LogP contribution in [0.5, 0.6) is 0 Å². The van der Waals surface area contributed by atoms with E-state index in [0.29, 0.717) is 12.6 Å². The predicted molar refractivity (Wildman–Crippen MR) is 65.3 cm³/mol. The van der Waals surface area contributed by atoms with E-state index in [4.69, 9.17) is 4.74 Å². The fraction of sp³-hybridized carbons (Fsp3) is 0.462. The van der Waals surface area contributed by atoms with Gasteiger partial charge in [0, 0.05) is 13.5 Å². The van der Waals surface area contributed by atoms with Gasteiger partial charge in [-0.15, -0.1) is 0 Å². The summed E-state index contributed by atoms with van der Waals surface area (Å²) in [6.45, 7) is 4.98. The fourth-order valence-corrected chi connectivity index (χ4v) is 1.92. The summed E-state index contributed by atoms with van der Waals surface area (Å²) >= 11 is 0. The van der Waals surface area contributed by atoms with Crippen LogP contribution in [0.25, 0.3) is 11.0 Å². The summed E-state index contributed by atoms with van der Waals surface area (Å²) in [7, 11) is 1.72. The number of hydrogen-bond acceptors (Lipinski definition) is 2. The zero-order valence-corrected chi connectivity index (χ0v) is 11.2. The monoisotopic (exact) mass is 253 g/mol. The standard InChI is InChI=1S/C13H18N2O.ClH/c1-10(2)8-13-14-11-6-4-5-7-12(11)15(13)9-16-3;/h4-7,10H,8-9H2,1-3H3;1H/p-1. The molecule has 0 atom stereocenters. The van der Waals surface area contributed by atoms with Gasteiger partial charge >= 0.3 is 0 Å². The van der Waals surface area contributed by atoms with Gasteiger partial charge in [-0.1, -0.05) is 26.0 Å². The van der Waals surface area contributed by atoms with E-state index in [0.717, 1.165) is 23.3 Å². The number of benzene rings is 1. The first kappa shape index (κ1) is 14.0. The van der Waals surface area contributed by atoms with Crippen LogP contribution in [0.3, 0.4) is 0 Å². The second kappa shape index (κ2) is 6.03. The number of para-hydroxylation sites is 2. The van der Waals surface area contributed by atoms with E-state index < -0.39 is 0 Å². The van der Waals surface area contributed by atoms with E-state index in [1.54, 1.807) is 7.11 Å². The molecule has 1 aromatic carbocycles. The molecule has 1 aromatic heterocycles. The van der Waals surface area contributed by atoms with Gasteiger partial charge in [0.05, 0.1) is 11.0 Å². The highest BCUT2D eigenvalue weighted by molar-refractivity contribution is 5.75. The lowest BCUT2D eigenvalue weighted by Crippen LogP contribution is -3.00. The molecular formula is C13H18ClN2O-. The molecular weight excluding hydrogens is 236 g/mol. The van der Waals surface area contributed by atoms with E-state index in [9.17, 15) is 0 Å². The summed E-state index contributed by atoms with van der Waals surface area (Å²) < 4.78 is 7.39. The number of imidazole rings is 1. The topological polar surface area (TPSA) is 27.1 Å². The third kappa shape index (κ3) is 2.99. The lowest BCUT2D eigenvalue weighted by molar-refractivity contribution is -0.00000422. The Morgan fingerprint density at radius 1 is 1.29 bits per heavy atom. The van der Waals surface area contributed by atoms with E-state index in [-0.39, 0.29) is 12.4 Å². The third-order valence-electron chi connectivity index (χ3n) is 2.58. The van der Waals surface area contributed by atoms with Crippen molar-refractivity contribution in [3.05, 3.63) is 30.1 Å². The largest absolute Gasteiger partial charge is 1.00 e. The Balaban J connectivity index is 0.00000144. The average molecular weight is 254 g/mol. The van der Waals surface area contributed by atoms with Crippen LogP contribution < -0.4 is 12.4 Å². The summed E-state index contributed by atoms with van der Waals surface area (Å²) in [5.74, 6) is 1.71. The number of rotatable bonds is 4. The second-order valence-electron chi connectivity index (χ2n) is 4.46. The minimum atomic E-state index is 0. The minimum absolute atomic E-state index is 0. The maximum Gasteiger partial charge on any atom is 0.124 e. The van der Waals surface area contributed by atoms with E-state index >= 15 is 0 Å². The highest BCUT2D eigenvalue weighted by Gasteiger charge is 2.10. The van der Waals surface area contributed by atoms with Gasteiger partial charge in [0.2, 0.25) is 0 Å². The van der Waals surface area contributed by atoms with Crippen LogP contribution in [0.2, 0.25) is 0 Å². The van der Waals surface area contributed by atoms with Gasteiger partial charge in [0.1, 0.15) is 12.6 Å². The van der Waals surface area contributed by atoms with E-state index in [2.05, 4.69) is 29.5 Å². The first-order chi connectivity index (χ1) is 7.72. The molecule has 0 aliphatic rings. The predicted octanol–water partition coefficient (Wildman–Crippen LogP) is -0.157. The van der Waals surface area contributed by atoms with Crippen LogP contribution in [0, 0.1) is 5.92 Å². The van der Waals surface area contributed by atoms with Crippen molar-refractivity contribution < 1.29 is 17.1 Å². The lowest BCUT2D eigenvalue weighted by atomic mass is 10.1. The molecule has 0 bridgehead atoms. The number of halogens is 1. The molecule has 0 amide bonds. The molecule has 0 spiro atoms. The summed E-state index contributed by atoms with van der Waals surface area (Å²) in [5, 5.41) is 0. The van der Waals surface area contributed by atoms with Crippen molar-refractivity contribution in [2.45, 2.75) is 27.0 Å².